The average molecular weight is 693 g/mol. The van der Waals surface area contributed by atoms with Gasteiger partial charge >= 0.3 is 0 Å². The van der Waals surface area contributed by atoms with Crippen molar-refractivity contribution in [2.24, 2.45) is 11.8 Å². The van der Waals surface area contributed by atoms with Crippen molar-refractivity contribution in [3.05, 3.63) is 144 Å². The van der Waals surface area contributed by atoms with Crippen molar-refractivity contribution in [1.82, 2.24) is 9.80 Å². The van der Waals surface area contributed by atoms with Crippen LogP contribution in [0.2, 0.25) is 0 Å². The maximum absolute atomic E-state index is 11.5. The normalized spacial score (nSPS) is 26.4. The highest BCUT2D eigenvalue weighted by molar-refractivity contribution is 5.25. The van der Waals surface area contributed by atoms with Crippen molar-refractivity contribution in [2.45, 2.75) is 81.6 Å². The molecule has 4 aromatic carbocycles. The van der Waals surface area contributed by atoms with Crippen LogP contribution >= 0.6 is 0 Å². The predicted octanol–water partition coefficient (Wildman–Crippen LogP) is 7.73. The van der Waals surface area contributed by atoms with Gasteiger partial charge in [-0.25, -0.2) is 0 Å². The highest BCUT2D eigenvalue weighted by Gasteiger charge is 2.44. The molecular formula is C45H60N2O4. The number of rotatable bonds is 13. The fourth-order valence-electron chi connectivity index (χ4n) is 8.00. The second kappa shape index (κ2) is 18.9. The van der Waals surface area contributed by atoms with Gasteiger partial charge in [0.1, 0.15) is 0 Å². The van der Waals surface area contributed by atoms with E-state index >= 15 is 0 Å². The molecule has 6 heteroatoms. The van der Waals surface area contributed by atoms with E-state index in [0.717, 1.165) is 63.6 Å². The van der Waals surface area contributed by atoms with E-state index in [1.165, 1.54) is 16.7 Å². The van der Waals surface area contributed by atoms with E-state index in [2.05, 4.69) is 74.4 Å². The van der Waals surface area contributed by atoms with Crippen molar-refractivity contribution in [3.8, 4) is 0 Å². The molecule has 0 amide bonds. The average Bonchev–Trinajstić information content (AvgIpc) is 3.14. The van der Waals surface area contributed by atoms with Crippen molar-refractivity contribution < 1.29 is 19.7 Å². The van der Waals surface area contributed by atoms with E-state index in [9.17, 15) is 10.2 Å². The number of benzene rings is 4. The lowest BCUT2D eigenvalue weighted by Crippen LogP contribution is -2.50. The summed E-state index contributed by atoms with van der Waals surface area (Å²) in [6.45, 7) is 3.03. The summed E-state index contributed by atoms with van der Waals surface area (Å²) in [6.07, 6.45) is 6.28. The fourth-order valence-corrected chi connectivity index (χ4v) is 8.00. The minimum absolute atomic E-state index is 0.166. The van der Waals surface area contributed by atoms with Crippen molar-refractivity contribution in [3.63, 3.8) is 0 Å². The van der Waals surface area contributed by atoms with Crippen LogP contribution in [0.25, 0.3) is 0 Å². The molecule has 0 saturated heterocycles. The van der Waals surface area contributed by atoms with Gasteiger partial charge in [-0.15, -0.1) is 0 Å². The first kappa shape index (κ1) is 38.9. The maximum Gasteiger partial charge on any atom is 0.0938 e. The van der Waals surface area contributed by atoms with Crippen LogP contribution < -0.4 is 0 Å². The van der Waals surface area contributed by atoms with Crippen LogP contribution in [0.1, 0.15) is 60.8 Å². The fraction of sp³-hybridized carbons (Fsp3) is 0.467. The molecule has 2 saturated carbocycles. The van der Waals surface area contributed by atoms with Gasteiger partial charge in [-0.2, -0.15) is 0 Å². The zero-order valence-corrected chi connectivity index (χ0v) is 31.2. The first-order valence-corrected chi connectivity index (χ1v) is 18.8. The Balaban J connectivity index is 0.000000198. The molecule has 0 aliphatic heterocycles. The quantitative estimate of drug-likeness (QED) is 0.150. The van der Waals surface area contributed by atoms with E-state index in [1.807, 2.05) is 84.9 Å². The molecule has 0 spiro atoms. The van der Waals surface area contributed by atoms with Crippen LogP contribution in [0, 0.1) is 11.8 Å². The Morgan fingerprint density at radius 2 is 0.961 bits per heavy atom. The minimum atomic E-state index is -0.766. The summed E-state index contributed by atoms with van der Waals surface area (Å²) in [4.78, 5) is 4.35. The van der Waals surface area contributed by atoms with Crippen LogP contribution in [-0.2, 0) is 34.7 Å². The maximum atomic E-state index is 11.5. The third-order valence-electron chi connectivity index (χ3n) is 10.7. The Kier molecular flexibility index (Phi) is 14.4. The molecule has 0 aromatic heterocycles. The van der Waals surface area contributed by atoms with E-state index < -0.39 is 11.2 Å². The van der Waals surface area contributed by atoms with Gasteiger partial charge in [0.05, 0.1) is 36.6 Å². The summed E-state index contributed by atoms with van der Waals surface area (Å²) < 4.78 is 12.4. The predicted molar refractivity (Wildman–Crippen MR) is 207 cm³/mol. The summed E-state index contributed by atoms with van der Waals surface area (Å²) in [5.41, 5.74) is 3.24. The third-order valence-corrected chi connectivity index (χ3v) is 10.7. The second-order valence-corrected chi connectivity index (χ2v) is 15.4. The summed E-state index contributed by atoms with van der Waals surface area (Å²) >= 11 is 0. The van der Waals surface area contributed by atoms with Gasteiger partial charge in [0.25, 0.3) is 0 Å². The van der Waals surface area contributed by atoms with Crippen LogP contribution in [0.15, 0.2) is 121 Å². The SMILES string of the molecule is CN(C)CC1CC(OCc2ccccc2)CCC1(O)Cc1ccccc1.CN(C)CC1CC(OCc2ccccc2)CCC1(O)c1ccccc1. The molecule has 2 aliphatic carbocycles. The Morgan fingerprint density at radius 3 is 1.45 bits per heavy atom. The molecule has 6 nitrogen and oxygen atoms in total. The Morgan fingerprint density at radius 1 is 0.549 bits per heavy atom. The molecule has 2 N–H and O–H groups in total. The Bertz CT molecular complexity index is 1540. The zero-order chi connectivity index (χ0) is 36.1. The molecule has 274 valence electrons. The van der Waals surface area contributed by atoms with Crippen LogP contribution in [0.3, 0.4) is 0 Å². The highest BCUT2D eigenvalue weighted by Crippen LogP contribution is 2.43. The molecule has 4 aromatic rings. The Hall–Kier alpha value is -3.36. The first-order valence-electron chi connectivity index (χ1n) is 18.8. The molecule has 6 atom stereocenters. The molecular weight excluding hydrogens is 633 g/mol. The van der Waals surface area contributed by atoms with Gasteiger partial charge in [0.15, 0.2) is 0 Å². The Labute approximate surface area is 307 Å². The van der Waals surface area contributed by atoms with Gasteiger partial charge in [-0.1, -0.05) is 121 Å². The van der Waals surface area contributed by atoms with Gasteiger partial charge in [-0.05, 0) is 89.0 Å². The minimum Gasteiger partial charge on any atom is -0.389 e. The van der Waals surface area contributed by atoms with Crippen LogP contribution in [0.4, 0.5) is 0 Å². The number of hydrogen-bond acceptors (Lipinski definition) is 6. The van der Waals surface area contributed by atoms with E-state index in [-0.39, 0.29) is 24.0 Å². The lowest BCUT2D eigenvalue weighted by molar-refractivity contribution is -0.110. The summed E-state index contributed by atoms with van der Waals surface area (Å²) in [6, 6.07) is 41.1. The van der Waals surface area contributed by atoms with Gasteiger partial charge in [-0.3, -0.25) is 0 Å². The van der Waals surface area contributed by atoms with Gasteiger partial charge in [0.2, 0.25) is 0 Å². The smallest absolute Gasteiger partial charge is 0.0938 e. The molecule has 0 bridgehead atoms. The van der Waals surface area contributed by atoms with E-state index in [1.54, 1.807) is 0 Å². The van der Waals surface area contributed by atoms with Crippen molar-refractivity contribution >= 4 is 0 Å². The number of aliphatic hydroxyl groups is 2. The van der Waals surface area contributed by atoms with Gasteiger partial charge in [0, 0.05) is 31.3 Å². The summed E-state index contributed by atoms with van der Waals surface area (Å²) in [5, 5.41) is 22.9. The van der Waals surface area contributed by atoms with E-state index in [4.69, 9.17) is 9.47 Å². The lowest BCUT2D eigenvalue weighted by Gasteiger charge is -2.44. The van der Waals surface area contributed by atoms with Gasteiger partial charge < -0.3 is 29.5 Å². The highest BCUT2D eigenvalue weighted by atomic mass is 16.5. The number of hydrogen-bond donors (Lipinski definition) is 2. The third kappa shape index (κ3) is 11.6. The topological polar surface area (TPSA) is 65.4 Å². The van der Waals surface area contributed by atoms with Crippen LogP contribution in [-0.4, -0.2) is 79.1 Å². The van der Waals surface area contributed by atoms with E-state index in [0.29, 0.717) is 13.2 Å². The zero-order valence-electron chi connectivity index (χ0n) is 31.2. The molecule has 6 rings (SSSR count). The standard InChI is InChI=1S/C23H31NO2.C22H29NO2/c1-24(2)17-21-15-22(26-18-20-11-7-4-8-12-20)13-14-23(21,25)16-19-9-5-3-6-10-19;1-23(2)16-20-15-21(25-17-18-9-5-3-6-10-18)13-14-22(20,24)19-11-7-4-8-12-19/h3-12,21-22,25H,13-18H2,1-2H3;3-12,20-21,24H,13-17H2,1-2H3. The monoisotopic (exact) mass is 692 g/mol. The largest absolute Gasteiger partial charge is 0.389 e. The second-order valence-electron chi connectivity index (χ2n) is 15.4. The molecule has 2 fully saturated rings. The number of ether oxygens (including phenoxy) is 2. The molecule has 51 heavy (non-hydrogen) atoms. The molecule has 0 radical (unpaired) electrons. The molecule has 6 unspecified atom stereocenters. The molecule has 2 aliphatic rings. The van der Waals surface area contributed by atoms with Crippen LogP contribution in [0.5, 0.6) is 0 Å². The lowest BCUT2D eigenvalue weighted by atomic mass is 9.70. The van der Waals surface area contributed by atoms with Crippen molar-refractivity contribution in [2.75, 3.05) is 41.3 Å². The first-order chi connectivity index (χ1) is 24.6. The summed E-state index contributed by atoms with van der Waals surface area (Å²) in [5.74, 6) is 0.381. The van der Waals surface area contributed by atoms with Crippen molar-refractivity contribution in [1.29, 1.82) is 0 Å². The number of nitrogens with zero attached hydrogens (tertiary/aromatic N) is 2. The summed E-state index contributed by atoms with van der Waals surface area (Å²) in [7, 11) is 8.30. The molecule has 0 heterocycles.